The van der Waals surface area contributed by atoms with Crippen LogP contribution in [0.1, 0.15) is 21.5 Å². The Morgan fingerprint density at radius 3 is 2.55 bits per heavy atom. The lowest BCUT2D eigenvalue weighted by Gasteiger charge is -2.19. The molecule has 2 aliphatic rings. The molecule has 4 N–H and O–H groups in total. The second-order valence-corrected chi connectivity index (χ2v) is 9.19. The summed E-state index contributed by atoms with van der Waals surface area (Å²) in [6.07, 6.45) is 2.06. The Morgan fingerprint density at radius 2 is 1.84 bits per heavy atom. The number of hydrogen-bond donors (Lipinski definition) is 4. The summed E-state index contributed by atoms with van der Waals surface area (Å²) in [5, 5.41) is 24.9. The predicted octanol–water partition coefficient (Wildman–Crippen LogP) is 2.45. The fourth-order valence-corrected chi connectivity index (χ4v) is 5.30. The van der Waals surface area contributed by atoms with Crippen molar-refractivity contribution in [3.8, 4) is 5.75 Å². The van der Waals surface area contributed by atoms with E-state index in [0.29, 0.717) is 18.4 Å². The Hall–Kier alpha value is -3.72. The van der Waals surface area contributed by atoms with Crippen LogP contribution in [0.4, 0.5) is 5.69 Å². The Balaban J connectivity index is 1.43. The van der Waals surface area contributed by atoms with Crippen LogP contribution in [0.25, 0.3) is 10.8 Å². The number of aliphatic hydroxyl groups is 1. The zero-order chi connectivity index (χ0) is 21.8. The normalized spacial score (nSPS) is 19.5. The monoisotopic (exact) mass is 437 g/mol. The van der Waals surface area contributed by atoms with Gasteiger partial charge in [0.2, 0.25) is 5.88 Å². The van der Waals surface area contributed by atoms with E-state index in [1.165, 1.54) is 12.1 Å². The molecule has 0 spiro atoms. The maximum atomic E-state index is 12.8. The molecule has 0 saturated heterocycles. The number of carbonyl (C=O) groups excluding carboxylic acids is 1. The van der Waals surface area contributed by atoms with Crippen molar-refractivity contribution in [2.45, 2.75) is 18.9 Å². The molecule has 0 aliphatic carbocycles. The van der Waals surface area contributed by atoms with Gasteiger partial charge in [-0.3, -0.25) is 4.79 Å². The van der Waals surface area contributed by atoms with Crippen molar-refractivity contribution < 1.29 is 23.4 Å². The summed E-state index contributed by atoms with van der Waals surface area (Å²) in [6.45, 7) is 0. The van der Waals surface area contributed by atoms with Crippen LogP contribution in [0.2, 0.25) is 0 Å². The number of nitrogens with zero attached hydrogens (tertiary/aromatic N) is 1. The first-order valence-electron chi connectivity index (χ1n) is 9.68. The number of aliphatic hydroxyl groups excluding tert-OH is 1. The maximum Gasteiger partial charge on any atom is 0.330 e. The molecular weight excluding hydrogens is 418 g/mol. The number of nitrogens with one attached hydrogen (secondary N) is 2. The van der Waals surface area contributed by atoms with Crippen LogP contribution in [0.15, 0.2) is 66.7 Å². The molecule has 9 heteroatoms. The van der Waals surface area contributed by atoms with Crippen molar-refractivity contribution in [2.24, 2.45) is 0 Å². The molecule has 0 radical (unpaired) electrons. The molecule has 3 aromatic rings. The van der Waals surface area contributed by atoms with E-state index in [1.54, 1.807) is 6.07 Å². The largest absolute Gasteiger partial charge is 0.506 e. The highest BCUT2D eigenvalue weighted by Gasteiger charge is 2.31. The SMILES string of the molecule is O=C1NC(Cc2ccc(N3C=C(O)NS3(=O)=O)c(O)c2)Cc2cccc3cccc1c23. The Morgan fingerprint density at radius 1 is 1.06 bits per heavy atom. The highest BCUT2D eigenvalue weighted by Crippen LogP contribution is 2.33. The van der Waals surface area contributed by atoms with Crippen LogP contribution in [0.3, 0.4) is 0 Å². The van der Waals surface area contributed by atoms with E-state index in [1.807, 2.05) is 41.1 Å². The van der Waals surface area contributed by atoms with Gasteiger partial charge in [-0.1, -0.05) is 36.4 Å². The third-order valence-corrected chi connectivity index (χ3v) is 6.82. The van der Waals surface area contributed by atoms with Gasteiger partial charge in [0, 0.05) is 11.6 Å². The smallest absolute Gasteiger partial charge is 0.330 e. The van der Waals surface area contributed by atoms with Gasteiger partial charge in [-0.2, -0.15) is 8.42 Å². The summed E-state index contributed by atoms with van der Waals surface area (Å²) in [6, 6.07) is 16.1. The average molecular weight is 437 g/mol. The van der Waals surface area contributed by atoms with E-state index in [9.17, 15) is 23.4 Å². The molecule has 3 aromatic carbocycles. The first-order valence-corrected chi connectivity index (χ1v) is 11.1. The summed E-state index contributed by atoms with van der Waals surface area (Å²) >= 11 is 0. The van der Waals surface area contributed by atoms with Gasteiger partial charge in [0.25, 0.3) is 5.91 Å². The van der Waals surface area contributed by atoms with Crippen LogP contribution in [-0.2, 0) is 23.1 Å². The van der Waals surface area contributed by atoms with Gasteiger partial charge in [-0.25, -0.2) is 9.03 Å². The highest BCUT2D eigenvalue weighted by molar-refractivity contribution is 7.91. The summed E-state index contributed by atoms with van der Waals surface area (Å²) in [5.41, 5.74) is 2.48. The molecule has 1 atom stereocenters. The van der Waals surface area contributed by atoms with Gasteiger partial charge in [0.05, 0.1) is 6.20 Å². The molecule has 0 saturated carbocycles. The van der Waals surface area contributed by atoms with Crippen molar-refractivity contribution in [1.82, 2.24) is 10.0 Å². The van der Waals surface area contributed by atoms with Crippen LogP contribution in [0, 0.1) is 0 Å². The lowest BCUT2D eigenvalue weighted by Crippen LogP contribution is -2.36. The second kappa shape index (κ2) is 6.92. The van der Waals surface area contributed by atoms with Gasteiger partial charge in [-0.15, -0.1) is 0 Å². The zero-order valence-corrected chi connectivity index (χ0v) is 17.1. The van der Waals surface area contributed by atoms with Crippen molar-refractivity contribution in [3.05, 3.63) is 83.4 Å². The van der Waals surface area contributed by atoms with Crippen LogP contribution >= 0.6 is 0 Å². The van der Waals surface area contributed by atoms with Gasteiger partial charge in [0.15, 0.2) is 0 Å². The van der Waals surface area contributed by atoms with Gasteiger partial charge >= 0.3 is 10.2 Å². The van der Waals surface area contributed by atoms with Gasteiger partial charge < -0.3 is 15.5 Å². The second-order valence-electron chi connectivity index (χ2n) is 7.64. The summed E-state index contributed by atoms with van der Waals surface area (Å²) < 4.78 is 26.8. The number of rotatable bonds is 3. The quantitative estimate of drug-likeness (QED) is 0.502. The van der Waals surface area contributed by atoms with Crippen molar-refractivity contribution in [2.75, 3.05) is 4.31 Å². The Bertz CT molecular complexity index is 1360. The number of carbonyl (C=O) groups is 1. The van der Waals surface area contributed by atoms with E-state index in [0.717, 1.165) is 32.4 Å². The summed E-state index contributed by atoms with van der Waals surface area (Å²) in [5.74, 6) is -0.922. The van der Waals surface area contributed by atoms with Gasteiger partial charge in [0.1, 0.15) is 11.4 Å². The molecule has 2 aliphatic heterocycles. The first kappa shape index (κ1) is 19.3. The van der Waals surface area contributed by atoms with Crippen LogP contribution in [-0.4, -0.2) is 30.6 Å². The molecule has 1 amide bonds. The molecule has 31 heavy (non-hydrogen) atoms. The minimum Gasteiger partial charge on any atom is -0.506 e. The zero-order valence-electron chi connectivity index (χ0n) is 16.2. The standard InChI is InChI=1S/C22H19N3O5S/c26-19-10-13(7-8-18(19)25-12-20(27)24-31(25,29)30)9-16-11-15-5-1-3-14-4-2-6-17(21(14)15)22(28)23-16/h1-8,10,12,16,24,26-27H,9,11H2,(H,23,28). The predicted molar refractivity (Wildman–Crippen MR) is 116 cm³/mol. The Kier molecular flexibility index (Phi) is 4.30. The topological polar surface area (TPSA) is 119 Å². The summed E-state index contributed by atoms with van der Waals surface area (Å²) in [7, 11) is -3.99. The molecular formula is C22H19N3O5S. The lowest BCUT2D eigenvalue weighted by atomic mass is 9.95. The third-order valence-electron chi connectivity index (χ3n) is 5.53. The summed E-state index contributed by atoms with van der Waals surface area (Å²) in [4.78, 5) is 12.8. The fraction of sp³-hybridized carbons (Fsp3) is 0.136. The number of hydrogen-bond acceptors (Lipinski definition) is 5. The molecule has 8 nitrogen and oxygen atoms in total. The maximum absolute atomic E-state index is 12.8. The van der Waals surface area contributed by atoms with Crippen LogP contribution in [0.5, 0.6) is 5.75 Å². The number of phenols is 1. The van der Waals surface area contributed by atoms with E-state index in [-0.39, 0.29) is 23.4 Å². The lowest BCUT2D eigenvalue weighted by molar-refractivity contribution is 0.0940. The number of phenolic OH excluding ortho intramolecular Hbond substituents is 1. The molecule has 2 heterocycles. The van der Waals surface area contributed by atoms with Crippen LogP contribution < -0.4 is 14.3 Å². The minimum absolute atomic E-state index is 0.0161. The fourth-order valence-electron chi connectivity index (χ4n) is 4.23. The van der Waals surface area contributed by atoms with Crippen molar-refractivity contribution in [1.29, 1.82) is 0 Å². The highest BCUT2D eigenvalue weighted by atomic mass is 32.2. The van der Waals surface area contributed by atoms with E-state index < -0.39 is 16.1 Å². The van der Waals surface area contributed by atoms with E-state index >= 15 is 0 Å². The number of amides is 1. The first-order chi connectivity index (χ1) is 14.8. The third kappa shape index (κ3) is 3.32. The molecule has 0 fully saturated rings. The number of aromatic hydroxyl groups is 1. The molecule has 5 rings (SSSR count). The number of anilines is 1. The molecule has 158 valence electrons. The van der Waals surface area contributed by atoms with E-state index in [2.05, 4.69) is 5.32 Å². The number of benzene rings is 3. The van der Waals surface area contributed by atoms with Gasteiger partial charge in [-0.05, 0) is 52.9 Å². The average Bonchev–Trinajstić information content (AvgIpc) is 2.91. The molecule has 0 bridgehead atoms. The van der Waals surface area contributed by atoms with Crippen molar-refractivity contribution >= 4 is 32.6 Å². The molecule has 1 unspecified atom stereocenters. The van der Waals surface area contributed by atoms with E-state index in [4.69, 9.17) is 0 Å². The Labute approximate surface area is 178 Å². The minimum atomic E-state index is -3.99. The molecule has 0 aromatic heterocycles. The van der Waals surface area contributed by atoms with Crippen molar-refractivity contribution in [3.63, 3.8) is 0 Å².